The number of carbonyl (C=O) groups is 1. The summed E-state index contributed by atoms with van der Waals surface area (Å²) in [6, 6.07) is 16.1. The van der Waals surface area contributed by atoms with E-state index in [1.54, 1.807) is 42.5 Å². The van der Waals surface area contributed by atoms with Crippen LogP contribution in [-0.4, -0.2) is 18.2 Å². The average molecular weight is 571 g/mol. The molecular formula is C29H22Cl3NO5. The fraction of sp³-hybridized carbons (Fsp3) is 0.241. The van der Waals surface area contributed by atoms with Gasteiger partial charge in [0, 0.05) is 23.5 Å². The molecule has 1 unspecified atom stereocenters. The van der Waals surface area contributed by atoms with E-state index in [9.17, 15) is 4.79 Å². The van der Waals surface area contributed by atoms with Crippen LogP contribution in [-0.2, 0) is 17.8 Å². The quantitative estimate of drug-likeness (QED) is 0.209. The van der Waals surface area contributed by atoms with E-state index < -0.39 is 0 Å². The van der Waals surface area contributed by atoms with Gasteiger partial charge in [-0.2, -0.15) is 0 Å². The van der Waals surface area contributed by atoms with Crippen molar-refractivity contribution in [2.24, 2.45) is 0 Å². The summed E-state index contributed by atoms with van der Waals surface area (Å²) in [5.41, 5.74) is 4.31. The van der Waals surface area contributed by atoms with E-state index in [4.69, 9.17) is 53.5 Å². The van der Waals surface area contributed by atoms with Crippen molar-refractivity contribution in [3.8, 4) is 22.8 Å². The van der Waals surface area contributed by atoms with Gasteiger partial charge in [-0.3, -0.25) is 0 Å². The maximum absolute atomic E-state index is 11.9. The number of halogens is 3. The standard InChI is InChI=1S/C29H22Cl3NO5/c1-35-29(34)16-7-10-24-17(11-16)12-25(37-24)19-9-8-18(13-23(19)32)36-14-20-27(33-38-28(20)15-5-6-15)26-21(30)3-2-4-22(26)31/h2-4,7-11,13,15,25H,5-6,12,14H2,1H3. The zero-order valence-corrected chi connectivity index (χ0v) is 22.6. The summed E-state index contributed by atoms with van der Waals surface area (Å²) in [5, 5.41) is 5.83. The topological polar surface area (TPSA) is 70.8 Å². The number of benzene rings is 3. The summed E-state index contributed by atoms with van der Waals surface area (Å²) < 4.78 is 22.8. The predicted molar refractivity (Wildman–Crippen MR) is 145 cm³/mol. The molecule has 0 saturated heterocycles. The van der Waals surface area contributed by atoms with E-state index in [-0.39, 0.29) is 18.7 Å². The summed E-state index contributed by atoms with van der Waals surface area (Å²) in [6.45, 7) is 0.226. The molecule has 4 aromatic rings. The molecule has 1 saturated carbocycles. The highest BCUT2D eigenvalue weighted by molar-refractivity contribution is 6.39. The Labute approximate surface area is 234 Å². The lowest BCUT2D eigenvalue weighted by atomic mass is 10.0. The van der Waals surface area contributed by atoms with Gasteiger partial charge in [-0.15, -0.1) is 0 Å². The van der Waals surface area contributed by atoms with Crippen LogP contribution >= 0.6 is 34.8 Å². The number of fused-ring (bicyclic) bond motifs is 1. The van der Waals surface area contributed by atoms with Crippen LogP contribution in [0.5, 0.6) is 11.5 Å². The highest BCUT2D eigenvalue weighted by Crippen LogP contribution is 2.46. The normalized spacial score (nSPS) is 16.2. The second-order valence-corrected chi connectivity index (χ2v) is 10.6. The van der Waals surface area contributed by atoms with E-state index in [0.717, 1.165) is 41.0 Å². The van der Waals surface area contributed by atoms with Gasteiger partial charge in [0.15, 0.2) is 0 Å². The minimum Gasteiger partial charge on any atom is -0.489 e. The van der Waals surface area contributed by atoms with Crippen LogP contribution in [0.3, 0.4) is 0 Å². The molecule has 0 amide bonds. The number of esters is 1. The van der Waals surface area contributed by atoms with Crippen LogP contribution in [0.25, 0.3) is 11.3 Å². The first-order valence-corrected chi connectivity index (χ1v) is 13.3. The van der Waals surface area contributed by atoms with Crippen LogP contribution < -0.4 is 9.47 Å². The van der Waals surface area contributed by atoms with Crippen molar-refractivity contribution in [1.29, 1.82) is 0 Å². The molecule has 1 atom stereocenters. The minimum absolute atomic E-state index is 0.226. The van der Waals surface area contributed by atoms with Crippen molar-refractivity contribution in [3.05, 3.63) is 97.7 Å². The Kier molecular flexibility index (Phi) is 6.72. The molecule has 6 rings (SSSR count). The smallest absolute Gasteiger partial charge is 0.337 e. The molecule has 0 bridgehead atoms. The SMILES string of the molecule is COC(=O)c1ccc2c(c1)CC(c1ccc(OCc3c(-c4c(Cl)cccc4Cl)noc3C3CC3)cc1Cl)O2. The Hall–Kier alpha value is -3.19. The van der Waals surface area contributed by atoms with Crippen molar-refractivity contribution < 1.29 is 23.5 Å². The van der Waals surface area contributed by atoms with E-state index in [0.29, 0.717) is 50.0 Å². The molecule has 0 radical (unpaired) electrons. The van der Waals surface area contributed by atoms with Gasteiger partial charge in [0.25, 0.3) is 0 Å². The number of methoxy groups -OCH3 is 1. The van der Waals surface area contributed by atoms with Crippen molar-refractivity contribution in [1.82, 2.24) is 5.16 Å². The van der Waals surface area contributed by atoms with Crippen molar-refractivity contribution in [2.45, 2.75) is 37.9 Å². The number of aromatic nitrogens is 1. The molecule has 1 fully saturated rings. The third kappa shape index (κ3) is 4.73. The number of ether oxygens (including phenoxy) is 3. The van der Waals surface area contributed by atoms with Crippen LogP contribution in [0.15, 0.2) is 59.1 Å². The number of hydrogen-bond acceptors (Lipinski definition) is 6. The Morgan fingerprint density at radius 2 is 1.82 bits per heavy atom. The van der Waals surface area contributed by atoms with Crippen molar-refractivity contribution in [2.75, 3.05) is 7.11 Å². The first kappa shape index (κ1) is 25.1. The zero-order valence-electron chi connectivity index (χ0n) is 20.3. The molecule has 1 aromatic heterocycles. The minimum atomic E-state index is -0.381. The number of nitrogens with zero attached hydrogens (tertiary/aromatic N) is 1. The lowest BCUT2D eigenvalue weighted by Crippen LogP contribution is -2.05. The summed E-state index contributed by atoms with van der Waals surface area (Å²) in [7, 11) is 1.36. The summed E-state index contributed by atoms with van der Waals surface area (Å²) >= 11 is 19.6. The van der Waals surface area contributed by atoms with Gasteiger partial charge in [0.2, 0.25) is 0 Å². The Morgan fingerprint density at radius 1 is 1.03 bits per heavy atom. The van der Waals surface area contributed by atoms with Crippen molar-refractivity contribution in [3.63, 3.8) is 0 Å². The molecule has 1 aliphatic heterocycles. The molecule has 9 heteroatoms. The Morgan fingerprint density at radius 3 is 2.53 bits per heavy atom. The van der Waals surface area contributed by atoms with E-state index in [1.807, 2.05) is 12.1 Å². The monoisotopic (exact) mass is 569 g/mol. The third-order valence-electron chi connectivity index (χ3n) is 6.82. The maximum Gasteiger partial charge on any atom is 0.337 e. The molecule has 38 heavy (non-hydrogen) atoms. The lowest BCUT2D eigenvalue weighted by Gasteiger charge is -2.15. The highest BCUT2D eigenvalue weighted by Gasteiger charge is 2.34. The van der Waals surface area contributed by atoms with Gasteiger partial charge < -0.3 is 18.7 Å². The van der Waals surface area contributed by atoms with Crippen LogP contribution in [0.4, 0.5) is 0 Å². The molecule has 0 spiro atoms. The van der Waals surface area contributed by atoms with E-state index in [2.05, 4.69) is 5.16 Å². The number of carbonyl (C=O) groups excluding carboxylic acids is 1. The molecule has 0 N–H and O–H groups in total. The summed E-state index contributed by atoms with van der Waals surface area (Å²) in [4.78, 5) is 11.9. The fourth-order valence-electron chi connectivity index (χ4n) is 4.73. The zero-order chi connectivity index (χ0) is 26.4. The number of hydrogen-bond donors (Lipinski definition) is 0. The van der Waals surface area contributed by atoms with Crippen LogP contribution in [0.2, 0.25) is 15.1 Å². The van der Waals surface area contributed by atoms with Crippen molar-refractivity contribution >= 4 is 40.8 Å². The largest absolute Gasteiger partial charge is 0.489 e. The molecule has 3 aromatic carbocycles. The number of rotatable bonds is 7. The first-order chi connectivity index (χ1) is 18.4. The summed E-state index contributed by atoms with van der Waals surface area (Å²) in [5.74, 6) is 2.07. The maximum atomic E-state index is 11.9. The van der Waals surface area contributed by atoms with Crippen LogP contribution in [0, 0.1) is 0 Å². The van der Waals surface area contributed by atoms with Crippen LogP contribution in [0.1, 0.15) is 57.7 Å². The van der Waals surface area contributed by atoms with Gasteiger partial charge in [-0.1, -0.05) is 52.1 Å². The van der Waals surface area contributed by atoms with Gasteiger partial charge in [-0.25, -0.2) is 4.79 Å². The van der Waals surface area contributed by atoms with E-state index in [1.165, 1.54) is 7.11 Å². The molecule has 2 aliphatic rings. The lowest BCUT2D eigenvalue weighted by molar-refractivity contribution is 0.0600. The predicted octanol–water partition coefficient (Wildman–Crippen LogP) is 8.22. The second-order valence-electron chi connectivity index (χ2n) is 9.34. The fourth-order valence-corrected chi connectivity index (χ4v) is 5.60. The van der Waals surface area contributed by atoms with E-state index >= 15 is 0 Å². The Bertz CT molecular complexity index is 1530. The van der Waals surface area contributed by atoms with Gasteiger partial charge in [-0.05, 0) is 60.9 Å². The molecule has 194 valence electrons. The first-order valence-electron chi connectivity index (χ1n) is 12.2. The Balaban J connectivity index is 1.21. The second kappa shape index (κ2) is 10.2. The van der Waals surface area contributed by atoms with Gasteiger partial charge >= 0.3 is 5.97 Å². The molecule has 1 aliphatic carbocycles. The van der Waals surface area contributed by atoms with Gasteiger partial charge in [0.1, 0.15) is 35.7 Å². The van der Waals surface area contributed by atoms with Gasteiger partial charge in [0.05, 0.1) is 33.3 Å². The third-order valence-corrected chi connectivity index (χ3v) is 7.78. The molecule has 2 heterocycles. The highest BCUT2D eigenvalue weighted by atomic mass is 35.5. The molecular weight excluding hydrogens is 549 g/mol. The summed E-state index contributed by atoms with van der Waals surface area (Å²) in [6.07, 6.45) is 2.41. The molecule has 6 nitrogen and oxygen atoms in total. The average Bonchev–Trinajstić information content (AvgIpc) is 3.53.